The molecule has 1 aliphatic rings. The number of carbonyl (C=O) groups excluding carboxylic acids is 1. The lowest BCUT2D eigenvalue weighted by molar-refractivity contribution is 0.104. The summed E-state index contributed by atoms with van der Waals surface area (Å²) in [6.07, 6.45) is 1.42. The standard InChI is InChI=1S/C29H23NO4S/c1-21-11-13-23(14-12-21)29(31)28-19-30(26-9-5-6-10-27(26)35(28,32)33)24-15-17-25(18-16-24)34-20-22-7-3-2-4-8-22/h2-19H,20H2,1H3. The number of para-hydroxylation sites is 1. The van der Waals surface area contributed by atoms with E-state index in [1.807, 2.05) is 61.5 Å². The molecule has 5 rings (SSSR count). The first-order chi connectivity index (χ1) is 16.9. The Hall–Kier alpha value is -4.16. The van der Waals surface area contributed by atoms with Crippen molar-refractivity contribution in [2.45, 2.75) is 18.4 Å². The van der Waals surface area contributed by atoms with E-state index in [0.29, 0.717) is 29.3 Å². The van der Waals surface area contributed by atoms with Crippen LogP contribution in [0.1, 0.15) is 21.5 Å². The van der Waals surface area contributed by atoms with Crippen molar-refractivity contribution in [3.63, 3.8) is 0 Å². The molecule has 0 aliphatic carbocycles. The summed E-state index contributed by atoms with van der Waals surface area (Å²) in [7, 11) is -3.98. The highest BCUT2D eigenvalue weighted by atomic mass is 32.2. The van der Waals surface area contributed by atoms with Crippen molar-refractivity contribution in [1.82, 2.24) is 0 Å². The van der Waals surface area contributed by atoms with Crippen LogP contribution in [0.25, 0.3) is 0 Å². The molecule has 0 bridgehead atoms. The summed E-state index contributed by atoms with van der Waals surface area (Å²) in [5, 5.41) is 0. The second kappa shape index (κ2) is 9.24. The lowest BCUT2D eigenvalue weighted by Crippen LogP contribution is -2.25. The number of nitrogens with zero attached hydrogens (tertiary/aromatic N) is 1. The maximum Gasteiger partial charge on any atom is 0.214 e. The van der Waals surface area contributed by atoms with Gasteiger partial charge >= 0.3 is 0 Å². The zero-order valence-electron chi connectivity index (χ0n) is 19.1. The summed E-state index contributed by atoms with van der Waals surface area (Å²) < 4.78 is 32.7. The molecule has 4 aromatic rings. The van der Waals surface area contributed by atoms with Gasteiger partial charge in [0.25, 0.3) is 0 Å². The maximum absolute atomic E-state index is 13.4. The van der Waals surface area contributed by atoms with Crippen molar-refractivity contribution < 1.29 is 17.9 Å². The van der Waals surface area contributed by atoms with E-state index >= 15 is 0 Å². The van der Waals surface area contributed by atoms with E-state index in [1.54, 1.807) is 47.4 Å². The molecular weight excluding hydrogens is 458 g/mol. The van der Waals surface area contributed by atoms with Gasteiger partial charge in [-0.25, -0.2) is 8.42 Å². The molecular formula is C29H23NO4S. The normalized spacial score (nSPS) is 14.1. The Labute approximate surface area is 204 Å². The molecule has 35 heavy (non-hydrogen) atoms. The maximum atomic E-state index is 13.4. The number of ether oxygens (including phenoxy) is 1. The predicted octanol–water partition coefficient (Wildman–Crippen LogP) is 6.22. The van der Waals surface area contributed by atoms with Crippen molar-refractivity contribution in [3.05, 3.63) is 131 Å². The van der Waals surface area contributed by atoms with E-state index in [9.17, 15) is 13.2 Å². The molecule has 174 valence electrons. The average Bonchev–Trinajstić information content (AvgIpc) is 2.89. The van der Waals surface area contributed by atoms with E-state index < -0.39 is 15.6 Å². The van der Waals surface area contributed by atoms with Gasteiger partial charge in [0.1, 0.15) is 17.3 Å². The zero-order chi connectivity index (χ0) is 24.4. The summed E-state index contributed by atoms with van der Waals surface area (Å²) in [6.45, 7) is 2.36. The van der Waals surface area contributed by atoms with Crippen LogP contribution in [-0.4, -0.2) is 14.2 Å². The Balaban J connectivity index is 1.50. The van der Waals surface area contributed by atoms with Crippen LogP contribution in [0, 0.1) is 6.92 Å². The number of fused-ring (bicyclic) bond motifs is 1. The first-order valence-corrected chi connectivity index (χ1v) is 12.7. The Morgan fingerprint density at radius 3 is 2.17 bits per heavy atom. The summed E-state index contributed by atoms with van der Waals surface area (Å²) >= 11 is 0. The highest BCUT2D eigenvalue weighted by Crippen LogP contribution is 2.40. The van der Waals surface area contributed by atoms with Gasteiger partial charge in [0.15, 0.2) is 0 Å². The quantitative estimate of drug-likeness (QED) is 0.306. The van der Waals surface area contributed by atoms with Crippen LogP contribution in [0.5, 0.6) is 5.75 Å². The molecule has 0 atom stereocenters. The van der Waals surface area contributed by atoms with E-state index in [4.69, 9.17) is 4.74 Å². The Morgan fingerprint density at radius 1 is 0.800 bits per heavy atom. The third-order valence-corrected chi connectivity index (χ3v) is 7.65. The van der Waals surface area contributed by atoms with Gasteiger partial charge in [0.05, 0.1) is 10.6 Å². The summed E-state index contributed by atoms with van der Waals surface area (Å²) in [5.41, 5.74) is 3.59. The molecule has 0 N–H and O–H groups in total. The van der Waals surface area contributed by atoms with Crippen LogP contribution in [0.2, 0.25) is 0 Å². The van der Waals surface area contributed by atoms with Gasteiger partial charge in [0, 0.05) is 17.5 Å². The van der Waals surface area contributed by atoms with Crippen LogP contribution in [-0.2, 0) is 16.4 Å². The highest BCUT2D eigenvalue weighted by Gasteiger charge is 2.36. The summed E-state index contributed by atoms with van der Waals surface area (Å²) in [5.74, 6) is 0.155. The molecule has 1 aliphatic heterocycles. The summed E-state index contributed by atoms with van der Waals surface area (Å²) in [4.78, 5) is 14.9. The molecule has 0 saturated heterocycles. The van der Waals surface area contributed by atoms with Crippen LogP contribution < -0.4 is 9.64 Å². The lowest BCUT2D eigenvalue weighted by Gasteiger charge is -2.29. The first-order valence-electron chi connectivity index (χ1n) is 11.2. The number of sulfone groups is 1. The second-order valence-corrected chi connectivity index (χ2v) is 10.2. The fraction of sp³-hybridized carbons (Fsp3) is 0.0690. The van der Waals surface area contributed by atoms with Crippen molar-refractivity contribution in [2.24, 2.45) is 0 Å². The second-order valence-electron chi connectivity index (χ2n) is 8.30. The number of carbonyl (C=O) groups is 1. The molecule has 1 heterocycles. The van der Waals surface area contributed by atoms with Gasteiger partial charge < -0.3 is 9.64 Å². The zero-order valence-corrected chi connectivity index (χ0v) is 19.9. The highest BCUT2D eigenvalue weighted by molar-refractivity contribution is 7.96. The minimum atomic E-state index is -3.98. The number of benzene rings is 4. The molecule has 0 saturated carbocycles. The van der Waals surface area contributed by atoms with Gasteiger partial charge in [-0.05, 0) is 48.9 Å². The van der Waals surface area contributed by atoms with Crippen LogP contribution in [0.3, 0.4) is 0 Å². The number of rotatable bonds is 6. The van der Waals surface area contributed by atoms with Crippen molar-refractivity contribution in [3.8, 4) is 5.75 Å². The van der Waals surface area contributed by atoms with E-state index in [0.717, 1.165) is 11.1 Å². The molecule has 4 aromatic carbocycles. The number of Topliss-reactive ketones (excluding diaryl/α,β-unsaturated/α-hetero) is 1. The first kappa shape index (κ1) is 22.6. The Morgan fingerprint density at radius 2 is 1.46 bits per heavy atom. The largest absolute Gasteiger partial charge is 0.489 e. The van der Waals surface area contributed by atoms with Crippen molar-refractivity contribution >= 4 is 27.0 Å². The molecule has 0 aromatic heterocycles. The van der Waals surface area contributed by atoms with Crippen LogP contribution >= 0.6 is 0 Å². The third-order valence-electron chi connectivity index (χ3n) is 5.85. The number of hydrogen-bond donors (Lipinski definition) is 0. The topological polar surface area (TPSA) is 63.7 Å². The minimum Gasteiger partial charge on any atom is -0.489 e. The predicted molar refractivity (Wildman–Crippen MR) is 137 cm³/mol. The third kappa shape index (κ3) is 4.48. The smallest absolute Gasteiger partial charge is 0.214 e. The fourth-order valence-corrected chi connectivity index (χ4v) is 5.49. The molecule has 5 nitrogen and oxygen atoms in total. The summed E-state index contributed by atoms with van der Waals surface area (Å²) in [6, 6.07) is 30.8. The van der Waals surface area contributed by atoms with Gasteiger partial charge in [-0.2, -0.15) is 0 Å². The molecule has 0 amide bonds. The lowest BCUT2D eigenvalue weighted by atomic mass is 10.1. The minimum absolute atomic E-state index is 0.0994. The van der Waals surface area contributed by atoms with E-state index in [2.05, 4.69) is 0 Å². The number of hydrogen-bond acceptors (Lipinski definition) is 5. The molecule has 0 fully saturated rings. The van der Waals surface area contributed by atoms with Crippen LogP contribution in [0.15, 0.2) is 119 Å². The van der Waals surface area contributed by atoms with E-state index in [1.165, 1.54) is 12.3 Å². The van der Waals surface area contributed by atoms with Crippen molar-refractivity contribution in [2.75, 3.05) is 4.90 Å². The van der Waals surface area contributed by atoms with Crippen molar-refractivity contribution in [1.29, 1.82) is 0 Å². The fourth-order valence-electron chi connectivity index (χ4n) is 3.94. The van der Waals surface area contributed by atoms with Gasteiger partial charge in [-0.1, -0.05) is 72.3 Å². The monoisotopic (exact) mass is 481 g/mol. The molecule has 6 heteroatoms. The van der Waals surface area contributed by atoms with Gasteiger partial charge in [0.2, 0.25) is 15.6 Å². The molecule has 0 spiro atoms. The van der Waals surface area contributed by atoms with Gasteiger partial charge in [-0.3, -0.25) is 4.79 Å². The average molecular weight is 482 g/mol. The molecule has 0 unspecified atom stereocenters. The number of ketones is 1. The van der Waals surface area contributed by atoms with Crippen LogP contribution in [0.4, 0.5) is 11.4 Å². The number of allylic oxidation sites excluding steroid dienone is 1. The number of anilines is 2. The van der Waals surface area contributed by atoms with Gasteiger partial charge in [-0.15, -0.1) is 0 Å². The van der Waals surface area contributed by atoms with E-state index in [-0.39, 0.29) is 9.80 Å². The Bertz CT molecular complexity index is 1510. The number of aryl methyl sites for hydroxylation is 1. The Kier molecular flexibility index (Phi) is 5.97. The molecule has 0 radical (unpaired) electrons. The SMILES string of the molecule is Cc1ccc(C(=O)C2=CN(c3ccc(OCc4ccccc4)cc3)c3ccccc3S2(=O)=O)cc1.